The Labute approximate surface area is 158 Å². The normalized spacial score (nSPS) is 11.0. The van der Waals surface area contributed by atoms with Crippen molar-refractivity contribution in [2.45, 2.75) is 39.9 Å². The molecule has 0 saturated carbocycles. The molecular formula is C20H24N4O3. The Morgan fingerprint density at radius 3 is 2.44 bits per heavy atom. The minimum absolute atomic E-state index is 0.0134. The number of para-hydroxylation sites is 1. The van der Waals surface area contributed by atoms with Gasteiger partial charge in [-0.3, -0.25) is 0 Å². The van der Waals surface area contributed by atoms with Gasteiger partial charge in [-0.2, -0.15) is 9.36 Å². The van der Waals surface area contributed by atoms with Crippen LogP contribution in [0.25, 0.3) is 5.69 Å². The Morgan fingerprint density at radius 2 is 1.78 bits per heavy atom. The molecule has 2 aromatic carbocycles. The van der Waals surface area contributed by atoms with Gasteiger partial charge in [0.1, 0.15) is 18.1 Å². The lowest BCUT2D eigenvalue weighted by Crippen LogP contribution is -2.23. The average Bonchev–Trinajstić information content (AvgIpc) is 2.99. The number of ether oxygens (including phenoxy) is 2. The number of aryl methyl sites for hydroxylation is 2. The summed E-state index contributed by atoms with van der Waals surface area (Å²) in [6.45, 7) is 6.25. The van der Waals surface area contributed by atoms with E-state index in [1.54, 1.807) is 7.05 Å². The number of nitrogens with zero attached hydrogens (tertiary/aromatic N) is 4. The van der Waals surface area contributed by atoms with Gasteiger partial charge in [0.2, 0.25) is 0 Å². The van der Waals surface area contributed by atoms with E-state index in [1.807, 2.05) is 56.3 Å². The molecule has 0 atom stereocenters. The maximum Gasteiger partial charge on any atom is 0.368 e. The Kier molecular flexibility index (Phi) is 5.59. The Balaban J connectivity index is 2.02. The molecule has 3 rings (SSSR count). The Hall–Kier alpha value is -3.09. The molecule has 7 heteroatoms. The molecule has 1 aromatic heterocycles. The molecule has 142 valence electrons. The van der Waals surface area contributed by atoms with Gasteiger partial charge in [0.25, 0.3) is 0 Å². The van der Waals surface area contributed by atoms with Crippen LogP contribution in [0, 0.1) is 0 Å². The van der Waals surface area contributed by atoms with E-state index < -0.39 is 0 Å². The fourth-order valence-corrected chi connectivity index (χ4v) is 2.81. The summed E-state index contributed by atoms with van der Waals surface area (Å²) in [5.41, 5.74) is 2.14. The first-order valence-corrected chi connectivity index (χ1v) is 9.00. The van der Waals surface area contributed by atoms with Crippen molar-refractivity contribution in [3.05, 3.63) is 64.1 Å². The van der Waals surface area contributed by atoms with Crippen LogP contribution in [0.4, 0.5) is 0 Å². The molecule has 27 heavy (non-hydrogen) atoms. The van der Waals surface area contributed by atoms with E-state index in [4.69, 9.17) is 9.47 Å². The third-order valence-corrected chi connectivity index (χ3v) is 4.15. The van der Waals surface area contributed by atoms with Crippen molar-refractivity contribution in [1.29, 1.82) is 0 Å². The molecule has 3 aromatic rings. The van der Waals surface area contributed by atoms with Gasteiger partial charge in [-0.25, -0.2) is 4.79 Å². The Morgan fingerprint density at radius 1 is 1.04 bits per heavy atom. The number of aromatic nitrogens is 4. The molecule has 0 bridgehead atoms. The van der Waals surface area contributed by atoms with Crippen LogP contribution in [0.15, 0.2) is 47.3 Å². The summed E-state index contributed by atoms with van der Waals surface area (Å²) in [5.74, 6) is 1.48. The quantitative estimate of drug-likeness (QED) is 0.641. The van der Waals surface area contributed by atoms with E-state index in [0.29, 0.717) is 11.4 Å². The average molecular weight is 368 g/mol. The lowest BCUT2D eigenvalue weighted by molar-refractivity contribution is 0.229. The standard InChI is InChI=1S/C20H24N4O3/c1-5-15-9-6-7-11-18(15)26-13-16-17(24-20(25)23(4)21-22-24)10-8-12-19(16)27-14(2)3/h6-12,14H,5,13H2,1-4H3. The SMILES string of the molecule is CCc1ccccc1OCc1c(OC(C)C)cccc1-n1nnn(C)c1=O. The van der Waals surface area contributed by atoms with E-state index >= 15 is 0 Å². The summed E-state index contributed by atoms with van der Waals surface area (Å²) >= 11 is 0. The fraction of sp³-hybridized carbons (Fsp3) is 0.350. The summed E-state index contributed by atoms with van der Waals surface area (Å²) in [4.78, 5) is 12.3. The van der Waals surface area contributed by atoms with Crippen molar-refractivity contribution >= 4 is 0 Å². The molecular weight excluding hydrogens is 344 g/mol. The highest BCUT2D eigenvalue weighted by molar-refractivity contribution is 5.49. The van der Waals surface area contributed by atoms with E-state index in [9.17, 15) is 4.79 Å². The monoisotopic (exact) mass is 368 g/mol. The second-order valence-electron chi connectivity index (χ2n) is 6.47. The molecule has 0 aliphatic carbocycles. The number of benzene rings is 2. The molecule has 0 aliphatic rings. The predicted molar refractivity (Wildman–Crippen MR) is 103 cm³/mol. The lowest BCUT2D eigenvalue weighted by Gasteiger charge is -2.18. The molecule has 0 saturated heterocycles. The second-order valence-corrected chi connectivity index (χ2v) is 6.47. The minimum atomic E-state index is -0.327. The fourth-order valence-electron chi connectivity index (χ4n) is 2.81. The van der Waals surface area contributed by atoms with E-state index in [2.05, 4.69) is 17.4 Å². The molecule has 1 heterocycles. The summed E-state index contributed by atoms with van der Waals surface area (Å²) < 4.78 is 14.5. The van der Waals surface area contributed by atoms with Gasteiger partial charge in [0.15, 0.2) is 0 Å². The highest BCUT2D eigenvalue weighted by atomic mass is 16.5. The third-order valence-electron chi connectivity index (χ3n) is 4.15. The van der Waals surface area contributed by atoms with Gasteiger partial charge in [0.05, 0.1) is 17.4 Å². The molecule has 0 fully saturated rings. The van der Waals surface area contributed by atoms with Crippen LogP contribution in [0.1, 0.15) is 31.9 Å². The summed E-state index contributed by atoms with van der Waals surface area (Å²) in [5, 5.41) is 7.77. The van der Waals surface area contributed by atoms with Gasteiger partial charge in [-0.05, 0) is 54.5 Å². The zero-order valence-electron chi connectivity index (χ0n) is 16.0. The Bertz CT molecular complexity index is 975. The number of hydrogen-bond donors (Lipinski definition) is 0. The zero-order valence-corrected chi connectivity index (χ0v) is 16.0. The largest absolute Gasteiger partial charge is 0.491 e. The molecule has 0 amide bonds. The number of rotatable bonds is 7. The first-order valence-electron chi connectivity index (χ1n) is 9.00. The van der Waals surface area contributed by atoms with Crippen molar-refractivity contribution in [3.8, 4) is 17.2 Å². The second kappa shape index (κ2) is 8.07. The predicted octanol–water partition coefficient (Wildman–Crippen LogP) is 2.89. The van der Waals surface area contributed by atoms with E-state index in [0.717, 1.165) is 23.3 Å². The highest BCUT2D eigenvalue weighted by Gasteiger charge is 2.17. The molecule has 0 spiro atoms. The summed E-state index contributed by atoms with van der Waals surface area (Å²) in [6.07, 6.45) is 0.858. The lowest BCUT2D eigenvalue weighted by atomic mass is 10.1. The van der Waals surface area contributed by atoms with Crippen molar-refractivity contribution in [3.63, 3.8) is 0 Å². The van der Waals surface area contributed by atoms with Crippen molar-refractivity contribution in [2.24, 2.45) is 7.05 Å². The van der Waals surface area contributed by atoms with Crippen LogP contribution in [0.3, 0.4) is 0 Å². The van der Waals surface area contributed by atoms with Crippen LogP contribution in [-0.4, -0.2) is 25.9 Å². The zero-order chi connectivity index (χ0) is 19.4. The van der Waals surface area contributed by atoms with Crippen molar-refractivity contribution in [2.75, 3.05) is 0 Å². The van der Waals surface area contributed by atoms with Crippen molar-refractivity contribution in [1.82, 2.24) is 19.8 Å². The van der Waals surface area contributed by atoms with Crippen LogP contribution < -0.4 is 15.2 Å². The van der Waals surface area contributed by atoms with Crippen LogP contribution >= 0.6 is 0 Å². The smallest absolute Gasteiger partial charge is 0.368 e. The maximum atomic E-state index is 12.3. The number of hydrogen-bond acceptors (Lipinski definition) is 5. The van der Waals surface area contributed by atoms with Crippen molar-refractivity contribution < 1.29 is 9.47 Å². The molecule has 0 radical (unpaired) electrons. The van der Waals surface area contributed by atoms with Gasteiger partial charge in [-0.1, -0.05) is 31.2 Å². The minimum Gasteiger partial charge on any atom is -0.491 e. The first kappa shape index (κ1) is 18.7. The third kappa shape index (κ3) is 4.02. The van der Waals surface area contributed by atoms with Gasteiger partial charge in [-0.15, -0.1) is 0 Å². The van der Waals surface area contributed by atoms with Gasteiger partial charge >= 0.3 is 5.69 Å². The molecule has 0 N–H and O–H groups in total. The summed E-state index contributed by atoms with van der Waals surface area (Å²) in [6, 6.07) is 13.4. The molecule has 0 aliphatic heterocycles. The highest BCUT2D eigenvalue weighted by Crippen LogP contribution is 2.28. The van der Waals surface area contributed by atoms with Gasteiger partial charge in [0, 0.05) is 7.05 Å². The summed E-state index contributed by atoms with van der Waals surface area (Å²) in [7, 11) is 1.56. The number of tetrazole rings is 1. The van der Waals surface area contributed by atoms with Crippen LogP contribution in [-0.2, 0) is 20.1 Å². The van der Waals surface area contributed by atoms with E-state index in [1.165, 1.54) is 9.36 Å². The van der Waals surface area contributed by atoms with E-state index in [-0.39, 0.29) is 18.4 Å². The maximum absolute atomic E-state index is 12.3. The van der Waals surface area contributed by atoms with Gasteiger partial charge < -0.3 is 9.47 Å². The van der Waals surface area contributed by atoms with Crippen LogP contribution in [0.5, 0.6) is 11.5 Å². The molecule has 7 nitrogen and oxygen atoms in total. The first-order chi connectivity index (χ1) is 13.0. The topological polar surface area (TPSA) is 71.2 Å². The molecule has 0 unspecified atom stereocenters. The van der Waals surface area contributed by atoms with Crippen LogP contribution in [0.2, 0.25) is 0 Å².